The van der Waals surface area contributed by atoms with Gasteiger partial charge in [0.25, 0.3) is 5.56 Å². The molecule has 0 N–H and O–H groups in total. The zero-order chi connectivity index (χ0) is 33.9. The van der Waals surface area contributed by atoms with Crippen molar-refractivity contribution in [2.24, 2.45) is 0 Å². The molecular formula is C37H38N8O4. The van der Waals surface area contributed by atoms with E-state index >= 15 is 0 Å². The van der Waals surface area contributed by atoms with Crippen LogP contribution in [0, 0.1) is 18.3 Å². The van der Waals surface area contributed by atoms with Gasteiger partial charge in [0.05, 0.1) is 24.2 Å². The lowest BCUT2D eigenvalue weighted by atomic mass is 10.1. The average Bonchev–Trinajstić information content (AvgIpc) is 3.54. The van der Waals surface area contributed by atoms with E-state index in [1.807, 2.05) is 77.7 Å². The SMILES string of the molecule is Cc1nc2c(N3CCN(C(=O)OCc4ccccc4)C(CC#N)C3)nc(OCC3CCCN3C)nc2c(=O)n1-c1cccc2ccccc12. The minimum atomic E-state index is -0.479. The summed E-state index contributed by atoms with van der Waals surface area (Å²) in [5.74, 6) is 0.918. The molecule has 2 atom stereocenters. The molecule has 2 fully saturated rings. The number of nitrogens with zero attached hydrogens (tertiary/aromatic N) is 8. The van der Waals surface area contributed by atoms with Crippen LogP contribution in [0.1, 0.15) is 30.7 Å². The lowest BCUT2D eigenvalue weighted by molar-refractivity contribution is 0.0768. The first kappa shape index (κ1) is 32.0. The van der Waals surface area contributed by atoms with Crippen LogP contribution in [0.5, 0.6) is 6.01 Å². The number of carbonyl (C=O) groups is 1. The summed E-state index contributed by atoms with van der Waals surface area (Å²) in [6, 6.07) is 25.3. The van der Waals surface area contributed by atoms with Crippen LogP contribution in [0.4, 0.5) is 10.6 Å². The van der Waals surface area contributed by atoms with Crippen LogP contribution in [0.15, 0.2) is 77.6 Å². The largest absolute Gasteiger partial charge is 0.462 e. The third kappa shape index (κ3) is 6.49. The van der Waals surface area contributed by atoms with Gasteiger partial charge < -0.3 is 24.2 Å². The molecule has 3 aromatic carbocycles. The summed E-state index contributed by atoms with van der Waals surface area (Å²) < 4.78 is 13.4. The molecule has 0 bridgehead atoms. The predicted octanol–water partition coefficient (Wildman–Crippen LogP) is 4.85. The van der Waals surface area contributed by atoms with Crippen LogP contribution in [-0.4, -0.2) is 87.3 Å². The summed E-state index contributed by atoms with van der Waals surface area (Å²) in [7, 11) is 2.07. The molecule has 7 rings (SSSR count). The van der Waals surface area contributed by atoms with Gasteiger partial charge in [-0.05, 0) is 50.4 Å². The summed E-state index contributed by atoms with van der Waals surface area (Å²) in [5.41, 5.74) is 1.75. The number of piperazine rings is 1. The summed E-state index contributed by atoms with van der Waals surface area (Å²) in [4.78, 5) is 47.9. The average molecular weight is 659 g/mol. The molecule has 0 radical (unpaired) electrons. The number of carbonyl (C=O) groups excluding carboxylic acids is 1. The van der Waals surface area contributed by atoms with Gasteiger partial charge in [-0.3, -0.25) is 9.36 Å². The van der Waals surface area contributed by atoms with Crippen molar-refractivity contribution in [3.05, 3.63) is 94.5 Å². The number of hydrogen-bond acceptors (Lipinski definition) is 10. The maximum absolute atomic E-state index is 14.4. The normalized spacial score (nSPS) is 18.1. The maximum atomic E-state index is 14.4. The van der Waals surface area contributed by atoms with E-state index in [1.165, 1.54) is 0 Å². The van der Waals surface area contributed by atoms with Gasteiger partial charge in [-0.25, -0.2) is 9.78 Å². The fraction of sp³-hybridized carbons (Fsp3) is 0.351. The topological polar surface area (TPSA) is 130 Å². The van der Waals surface area contributed by atoms with Gasteiger partial charge in [-0.2, -0.15) is 15.2 Å². The molecule has 1 amide bonds. The van der Waals surface area contributed by atoms with Gasteiger partial charge in [-0.1, -0.05) is 66.7 Å². The molecule has 12 nitrogen and oxygen atoms in total. The Hall–Kier alpha value is -5.54. The fourth-order valence-electron chi connectivity index (χ4n) is 6.84. The number of benzene rings is 3. The fourth-order valence-corrected chi connectivity index (χ4v) is 6.84. The molecule has 2 unspecified atom stereocenters. The zero-order valence-electron chi connectivity index (χ0n) is 27.7. The van der Waals surface area contributed by atoms with E-state index in [0.717, 1.165) is 35.7 Å². The van der Waals surface area contributed by atoms with Gasteiger partial charge in [0.1, 0.15) is 24.6 Å². The zero-order valence-corrected chi connectivity index (χ0v) is 27.7. The first-order valence-corrected chi connectivity index (χ1v) is 16.6. The Bertz CT molecular complexity index is 2090. The minimum Gasteiger partial charge on any atom is -0.462 e. The maximum Gasteiger partial charge on any atom is 0.410 e. The lowest BCUT2D eigenvalue weighted by Crippen LogP contribution is -2.55. The highest BCUT2D eigenvalue weighted by molar-refractivity contribution is 5.91. The van der Waals surface area contributed by atoms with Crippen molar-refractivity contribution in [2.45, 2.75) is 44.9 Å². The van der Waals surface area contributed by atoms with Gasteiger partial charge >= 0.3 is 12.1 Å². The molecule has 49 heavy (non-hydrogen) atoms. The Balaban J connectivity index is 1.26. The second kappa shape index (κ2) is 13.9. The summed E-state index contributed by atoms with van der Waals surface area (Å²) in [6.45, 7) is 4.28. The Labute approximate surface area is 284 Å². The molecule has 12 heteroatoms. The van der Waals surface area contributed by atoms with Crippen LogP contribution in [-0.2, 0) is 11.3 Å². The van der Waals surface area contributed by atoms with Gasteiger partial charge in [0.15, 0.2) is 11.3 Å². The van der Waals surface area contributed by atoms with Gasteiger partial charge in [0, 0.05) is 31.1 Å². The van der Waals surface area contributed by atoms with Crippen molar-refractivity contribution in [1.82, 2.24) is 29.3 Å². The lowest BCUT2D eigenvalue weighted by Gasteiger charge is -2.40. The molecule has 250 valence electrons. The van der Waals surface area contributed by atoms with E-state index in [2.05, 4.69) is 23.0 Å². The van der Waals surface area contributed by atoms with Crippen molar-refractivity contribution in [3.63, 3.8) is 0 Å². The van der Waals surface area contributed by atoms with Crippen LogP contribution in [0.25, 0.3) is 27.5 Å². The highest BCUT2D eigenvalue weighted by Gasteiger charge is 2.34. The number of aryl methyl sites for hydroxylation is 1. The number of aromatic nitrogens is 4. The number of amides is 1. The highest BCUT2D eigenvalue weighted by atomic mass is 16.6. The molecular weight excluding hydrogens is 620 g/mol. The first-order valence-electron chi connectivity index (χ1n) is 16.6. The van der Waals surface area contributed by atoms with Crippen molar-refractivity contribution in [1.29, 1.82) is 5.26 Å². The number of rotatable bonds is 8. The Morgan fingerprint density at radius 3 is 2.53 bits per heavy atom. The van der Waals surface area contributed by atoms with Gasteiger partial charge in [0.2, 0.25) is 0 Å². The Morgan fingerprint density at radius 2 is 1.73 bits per heavy atom. The smallest absolute Gasteiger partial charge is 0.410 e. The van der Waals surface area contributed by atoms with E-state index in [1.54, 1.807) is 16.4 Å². The molecule has 2 aliphatic heterocycles. The predicted molar refractivity (Wildman–Crippen MR) is 186 cm³/mol. The molecule has 4 heterocycles. The van der Waals surface area contributed by atoms with Gasteiger partial charge in [-0.15, -0.1) is 0 Å². The number of likely N-dealkylation sites (tertiary alicyclic amines) is 1. The third-order valence-corrected chi connectivity index (χ3v) is 9.48. The number of ether oxygens (including phenoxy) is 2. The van der Waals surface area contributed by atoms with Crippen LogP contribution in [0.3, 0.4) is 0 Å². The van der Waals surface area contributed by atoms with Crippen molar-refractivity contribution in [3.8, 4) is 17.8 Å². The second-order valence-electron chi connectivity index (χ2n) is 12.6. The molecule has 2 aromatic heterocycles. The number of hydrogen-bond donors (Lipinski definition) is 0. The third-order valence-electron chi connectivity index (χ3n) is 9.48. The Morgan fingerprint density at radius 1 is 0.939 bits per heavy atom. The molecule has 2 saturated heterocycles. The van der Waals surface area contributed by atoms with Crippen LogP contribution >= 0.6 is 0 Å². The second-order valence-corrected chi connectivity index (χ2v) is 12.6. The highest BCUT2D eigenvalue weighted by Crippen LogP contribution is 2.29. The number of likely N-dealkylation sites (N-methyl/N-ethyl adjacent to an activating group) is 1. The van der Waals surface area contributed by atoms with E-state index in [9.17, 15) is 14.9 Å². The minimum absolute atomic E-state index is 0.0940. The summed E-state index contributed by atoms with van der Waals surface area (Å²) in [6.07, 6.45) is 1.71. The van der Waals surface area contributed by atoms with E-state index in [4.69, 9.17) is 19.4 Å². The number of anilines is 1. The Kier molecular flexibility index (Phi) is 9.09. The van der Waals surface area contributed by atoms with E-state index in [0.29, 0.717) is 42.5 Å². The molecule has 0 spiro atoms. The molecule has 2 aliphatic rings. The number of nitriles is 1. The first-order chi connectivity index (χ1) is 23.9. The summed E-state index contributed by atoms with van der Waals surface area (Å²) in [5, 5.41) is 11.6. The monoisotopic (exact) mass is 658 g/mol. The number of fused-ring (bicyclic) bond motifs is 2. The quantitative estimate of drug-likeness (QED) is 0.228. The van der Waals surface area contributed by atoms with Crippen LogP contribution in [0.2, 0.25) is 0 Å². The van der Waals surface area contributed by atoms with E-state index in [-0.39, 0.29) is 42.7 Å². The van der Waals surface area contributed by atoms with Crippen molar-refractivity contribution < 1.29 is 14.3 Å². The summed E-state index contributed by atoms with van der Waals surface area (Å²) >= 11 is 0. The molecule has 0 saturated carbocycles. The van der Waals surface area contributed by atoms with Crippen LogP contribution < -0.4 is 15.2 Å². The molecule has 5 aromatic rings. The van der Waals surface area contributed by atoms with E-state index < -0.39 is 12.1 Å². The standard InChI is InChI=1S/C37H38N8O4/c1-25-39-32-33(35(46)45(25)31-16-8-13-27-12-6-7-15-30(27)31)40-36(48-24-29-14-9-19-42(29)2)41-34(32)43-20-21-44(28(22-43)17-18-38)37(47)49-23-26-10-4-3-5-11-26/h3-8,10-13,15-16,28-29H,9,14,17,19-24H2,1-2H3. The van der Waals surface area contributed by atoms with Crippen molar-refractivity contribution >= 4 is 33.7 Å². The van der Waals surface area contributed by atoms with Crippen molar-refractivity contribution in [2.75, 3.05) is 44.7 Å². The molecule has 0 aliphatic carbocycles.